The number of hydrogen-bond acceptors (Lipinski definition) is 4. The molecule has 25 heavy (non-hydrogen) atoms. The van der Waals surface area contributed by atoms with Crippen molar-refractivity contribution in [3.8, 4) is 0 Å². The van der Waals surface area contributed by atoms with Crippen LogP contribution in [-0.4, -0.2) is 23.2 Å². The molecule has 0 aliphatic rings. The molecule has 2 N–H and O–H groups in total. The number of carbonyl (C=O) groups excluding carboxylic acids is 1. The van der Waals surface area contributed by atoms with Crippen LogP contribution in [-0.2, 0) is 6.42 Å². The zero-order chi connectivity index (χ0) is 17.8. The molecule has 0 fully saturated rings. The monoisotopic (exact) mass is 337 g/mol. The maximum Gasteiger partial charge on any atom is 0.349 e. The smallest absolute Gasteiger partial charge is 0.349 e. The Morgan fingerprint density at radius 2 is 1.80 bits per heavy atom. The van der Waals surface area contributed by atoms with Crippen LogP contribution in [0.2, 0.25) is 0 Å². The third kappa shape index (κ3) is 3.95. The van der Waals surface area contributed by atoms with E-state index < -0.39 is 23.7 Å². The third-order valence-corrected chi connectivity index (χ3v) is 4.11. The molecule has 5 nitrogen and oxygen atoms in total. The normalized spacial score (nSPS) is 13.4. The third-order valence-electron chi connectivity index (χ3n) is 4.11. The Kier molecular flexibility index (Phi) is 4.95. The molecule has 0 aliphatic carbocycles. The van der Waals surface area contributed by atoms with Crippen molar-refractivity contribution in [2.24, 2.45) is 0 Å². The van der Waals surface area contributed by atoms with Gasteiger partial charge in [-0.3, -0.25) is 4.79 Å². The minimum absolute atomic E-state index is 0.0718. The summed E-state index contributed by atoms with van der Waals surface area (Å²) >= 11 is 0. The topological polar surface area (TPSA) is 79.5 Å². The molecule has 0 saturated carbocycles. The van der Waals surface area contributed by atoms with Crippen LogP contribution in [0, 0.1) is 0 Å². The van der Waals surface area contributed by atoms with Crippen molar-refractivity contribution in [1.82, 2.24) is 5.32 Å². The molecule has 1 amide bonds. The zero-order valence-corrected chi connectivity index (χ0v) is 13.8. The van der Waals surface area contributed by atoms with Gasteiger partial charge in [0.1, 0.15) is 11.1 Å². The van der Waals surface area contributed by atoms with E-state index in [1.165, 1.54) is 6.07 Å². The quantitative estimate of drug-likeness (QED) is 0.701. The van der Waals surface area contributed by atoms with Gasteiger partial charge in [-0.2, -0.15) is 0 Å². The fraction of sp³-hybridized carbons (Fsp3) is 0.200. The van der Waals surface area contributed by atoms with Gasteiger partial charge in [0.05, 0.1) is 12.1 Å². The molecule has 1 aromatic heterocycles. The van der Waals surface area contributed by atoms with Crippen molar-refractivity contribution in [2.45, 2.75) is 25.5 Å². The van der Waals surface area contributed by atoms with Crippen LogP contribution in [0.3, 0.4) is 0 Å². The zero-order valence-electron chi connectivity index (χ0n) is 13.8. The van der Waals surface area contributed by atoms with E-state index in [9.17, 15) is 14.7 Å². The standard InChI is InChI=1S/C20H19NO4/c1-13(17(22)11-14-7-3-2-4-8-14)21-19(23)16-12-15-9-5-6-10-18(15)25-20(16)24/h2-10,12-13,17,22H,11H2,1H3,(H,21,23). The summed E-state index contributed by atoms with van der Waals surface area (Å²) < 4.78 is 5.17. The minimum atomic E-state index is -0.765. The summed E-state index contributed by atoms with van der Waals surface area (Å²) in [6.45, 7) is 1.70. The van der Waals surface area contributed by atoms with Gasteiger partial charge in [-0.05, 0) is 24.6 Å². The van der Waals surface area contributed by atoms with E-state index in [0.29, 0.717) is 17.4 Å². The van der Waals surface area contributed by atoms with Crippen LogP contribution < -0.4 is 10.9 Å². The maximum atomic E-state index is 12.4. The molecular formula is C20H19NO4. The molecule has 128 valence electrons. The summed E-state index contributed by atoms with van der Waals surface area (Å²) in [7, 11) is 0. The van der Waals surface area contributed by atoms with E-state index in [1.807, 2.05) is 30.3 Å². The van der Waals surface area contributed by atoms with Crippen molar-refractivity contribution in [1.29, 1.82) is 0 Å². The van der Waals surface area contributed by atoms with E-state index in [4.69, 9.17) is 4.42 Å². The van der Waals surface area contributed by atoms with E-state index >= 15 is 0 Å². The van der Waals surface area contributed by atoms with E-state index in [1.54, 1.807) is 31.2 Å². The molecule has 2 atom stereocenters. The first kappa shape index (κ1) is 16.9. The lowest BCUT2D eigenvalue weighted by Crippen LogP contribution is -2.43. The number of para-hydroxylation sites is 1. The lowest BCUT2D eigenvalue weighted by Gasteiger charge is -2.20. The Morgan fingerprint density at radius 1 is 1.12 bits per heavy atom. The van der Waals surface area contributed by atoms with Gasteiger partial charge in [0, 0.05) is 11.8 Å². The highest BCUT2D eigenvalue weighted by Gasteiger charge is 2.20. The predicted octanol–water partition coefficient (Wildman–Crippen LogP) is 2.51. The fourth-order valence-electron chi connectivity index (χ4n) is 2.63. The number of carbonyl (C=O) groups is 1. The number of aliphatic hydroxyl groups is 1. The predicted molar refractivity (Wildman–Crippen MR) is 95.6 cm³/mol. The molecule has 0 radical (unpaired) electrons. The number of nitrogens with one attached hydrogen (secondary N) is 1. The summed E-state index contributed by atoms with van der Waals surface area (Å²) in [6, 6.07) is 17.5. The van der Waals surface area contributed by atoms with Crippen molar-refractivity contribution in [3.05, 3.63) is 82.2 Å². The maximum absolute atomic E-state index is 12.4. The van der Waals surface area contributed by atoms with Gasteiger partial charge in [0.2, 0.25) is 0 Å². The number of rotatable bonds is 5. The van der Waals surface area contributed by atoms with Crippen molar-refractivity contribution in [3.63, 3.8) is 0 Å². The van der Waals surface area contributed by atoms with E-state index in [-0.39, 0.29) is 5.56 Å². The van der Waals surface area contributed by atoms with Gasteiger partial charge in [-0.25, -0.2) is 4.79 Å². The Balaban J connectivity index is 1.73. The average molecular weight is 337 g/mol. The lowest BCUT2D eigenvalue weighted by molar-refractivity contribution is 0.0848. The minimum Gasteiger partial charge on any atom is -0.422 e. The SMILES string of the molecule is CC(NC(=O)c1cc2ccccc2oc1=O)C(O)Cc1ccccc1. The number of amides is 1. The van der Waals surface area contributed by atoms with Crippen LogP contribution in [0.25, 0.3) is 11.0 Å². The van der Waals surface area contributed by atoms with Crippen molar-refractivity contribution in [2.75, 3.05) is 0 Å². The summed E-state index contributed by atoms with van der Waals surface area (Å²) in [5.74, 6) is -0.556. The number of fused-ring (bicyclic) bond motifs is 1. The molecule has 5 heteroatoms. The fourth-order valence-corrected chi connectivity index (χ4v) is 2.63. The first-order valence-corrected chi connectivity index (χ1v) is 8.10. The number of hydrogen-bond donors (Lipinski definition) is 2. The van der Waals surface area contributed by atoms with Gasteiger partial charge in [-0.1, -0.05) is 48.5 Å². The molecule has 0 saturated heterocycles. The Hall–Kier alpha value is -2.92. The second-order valence-corrected chi connectivity index (χ2v) is 6.00. The van der Waals surface area contributed by atoms with Crippen LogP contribution >= 0.6 is 0 Å². The molecule has 2 unspecified atom stereocenters. The van der Waals surface area contributed by atoms with Crippen LogP contribution in [0.1, 0.15) is 22.8 Å². The summed E-state index contributed by atoms with van der Waals surface area (Å²) in [4.78, 5) is 24.4. The largest absolute Gasteiger partial charge is 0.422 e. The highest BCUT2D eigenvalue weighted by Crippen LogP contribution is 2.13. The van der Waals surface area contributed by atoms with Gasteiger partial charge in [0.15, 0.2) is 0 Å². The second kappa shape index (κ2) is 7.32. The first-order chi connectivity index (χ1) is 12.0. The number of aliphatic hydroxyl groups excluding tert-OH is 1. The molecule has 2 aromatic carbocycles. The van der Waals surface area contributed by atoms with Gasteiger partial charge in [0.25, 0.3) is 5.91 Å². The van der Waals surface area contributed by atoms with Crippen LogP contribution in [0.4, 0.5) is 0 Å². The average Bonchev–Trinajstić information content (AvgIpc) is 2.61. The molecule has 3 rings (SSSR count). The van der Waals surface area contributed by atoms with Gasteiger partial charge >= 0.3 is 5.63 Å². The number of benzene rings is 2. The second-order valence-electron chi connectivity index (χ2n) is 6.00. The molecule has 3 aromatic rings. The van der Waals surface area contributed by atoms with E-state index in [0.717, 1.165) is 5.56 Å². The van der Waals surface area contributed by atoms with Crippen molar-refractivity contribution < 1.29 is 14.3 Å². The molecule has 0 spiro atoms. The van der Waals surface area contributed by atoms with Crippen LogP contribution in [0.5, 0.6) is 0 Å². The highest BCUT2D eigenvalue weighted by atomic mass is 16.4. The molecular weight excluding hydrogens is 318 g/mol. The van der Waals surface area contributed by atoms with Gasteiger partial charge < -0.3 is 14.8 Å². The highest BCUT2D eigenvalue weighted by molar-refractivity contribution is 5.96. The van der Waals surface area contributed by atoms with Crippen molar-refractivity contribution >= 4 is 16.9 Å². The molecule has 0 aliphatic heterocycles. The Bertz CT molecular complexity index is 933. The summed E-state index contributed by atoms with van der Waals surface area (Å²) in [5, 5.41) is 13.6. The summed E-state index contributed by atoms with van der Waals surface area (Å²) in [5.41, 5.74) is 0.640. The van der Waals surface area contributed by atoms with E-state index in [2.05, 4.69) is 5.32 Å². The molecule has 0 bridgehead atoms. The summed E-state index contributed by atoms with van der Waals surface area (Å²) in [6.07, 6.45) is -0.354. The van der Waals surface area contributed by atoms with Gasteiger partial charge in [-0.15, -0.1) is 0 Å². The molecule has 1 heterocycles. The first-order valence-electron chi connectivity index (χ1n) is 8.10. The Morgan fingerprint density at radius 3 is 2.56 bits per heavy atom. The lowest BCUT2D eigenvalue weighted by atomic mass is 10.0. The Labute approximate surface area is 144 Å². The van der Waals surface area contributed by atoms with Crippen LogP contribution in [0.15, 0.2) is 69.9 Å².